The first kappa shape index (κ1) is 23.2. The average molecular weight is 445 g/mol. The molecule has 3 aliphatic heterocycles. The van der Waals surface area contributed by atoms with Gasteiger partial charge in [0, 0.05) is 44.3 Å². The number of likely N-dealkylation sites (tertiary alicyclic amines) is 1. The van der Waals surface area contributed by atoms with Gasteiger partial charge < -0.3 is 29.7 Å². The summed E-state index contributed by atoms with van der Waals surface area (Å²) in [6.07, 6.45) is 7.11. The fraction of sp³-hybridized carbons (Fsp3) is 0.720. The number of rotatable bonds is 8. The fourth-order valence-corrected chi connectivity index (χ4v) is 5.08. The molecule has 32 heavy (non-hydrogen) atoms. The fourth-order valence-electron chi connectivity index (χ4n) is 5.08. The van der Waals surface area contributed by atoms with E-state index in [2.05, 4.69) is 41.5 Å². The molecule has 3 aliphatic rings. The first-order valence-electron chi connectivity index (χ1n) is 12.4. The third kappa shape index (κ3) is 5.67. The summed E-state index contributed by atoms with van der Waals surface area (Å²) >= 11 is 0. The Hall–Kier alpha value is -1.99. The third-order valence-electron chi connectivity index (χ3n) is 7.17. The second kappa shape index (κ2) is 11.2. The Balaban J connectivity index is 1.38. The molecule has 2 N–H and O–H groups in total. The maximum Gasteiger partial charge on any atom is 0.231 e. The topological polar surface area (TPSA) is 67.4 Å². The molecule has 1 unspecified atom stereocenters. The van der Waals surface area contributed by atoms with Crippen LogP contribution in [0.3, 0.4) is 0 Å². The van der Waals surface area contributed by atoms with E-state index in [4.69, 9.17) is 19.2 Å². The normalized spacial score (nSPS) is 23.2. The zero-order valence-corrected chi connectivity index (χ0v) is 19.8. The van der Waals surface area contributed by atoms with Crippen molar-refractivity contribution in [1.29, 1.82) is 0 Å². The molecule has 2 saturated heterocycles. The number of hydrogen-bond acceptors (Lipinski definition) is 5. The summed E-state index contributed by atoms with van der Waals surface area (Å²) < 4.78 is 16.9. The molecule has 178 valence electrons. The van der Waals surface area contributed by atoms with Crippen LogP contribution in [0.1, 0.15) is 57.9 Å². The molecule has 0 amide bonds. The maximum absolute atomic E-state index is 5.70. The van der Waals surface area contributed by atoms with Crippen LogP contribution in [0.25, 0.3) is 0 Å². The van der Waals surface area contributed by atoms with Gasteiger partial charge in [-0.1, -0.05) is 12.5 Å². The van der Waals surface area contributed by atoms with Crippen molar-refractivity contribution in [1.82, 2.24) is 15.5 Å². The Labute approximate surface area is 192 Å². The molecule has 0 saturated carbocycles. The Morgan fingerprint density at radius 2 is 2.00 bits per heavy atom. The average Bonchev–Trinajstić information content (AvgIpc) is 3.30. The van der Waals surface area contributed by atoms with E-state index >= 15 is 0 Å². The lowest BCUT2D eigenvalue weighted by Gasteiger charge is -2.36. The van der Waals surface area contributed by atoms with Crippen molar-refractivity contribution >= 4 is 5.96 Å². The van der Waals surface area contributed by atoms with Crippen LogP contribution in [-0.2, 0) is 10.2 Å². The molecule has 1 aromatic carbocycles. The molecule has 0 aliphatic carbocycles. The van der Waals surface area contributed by atoms with Crippen LogP contribution < -0.4 is 20.1 Å². The molecular formula is C25H40N4O3. The highest BCUT2D eigenvalue weighted by atomic mass is 16.7. The van der Waals surface area contributed by atoms with E-state index in [1.165, 1.54) is 31.4 Å². The van der Waals surface area contributed by atoms with Crippen molar-refractivity contribution in [3.63, 3.8) is 0 Å². The lowest BCUT2D eigenvalue weighted by molar-refractivity contribution is 0.0530. The number of fused-ring (bicyclic) bond motifs is 1. The summed E-state index contributed by atoms with van der Waals surface area (Å²) in [6.45, 7) is 11.2. The van der Waals surface area contributed by atoms with Crippen LogP contribution in [-0.4, -0.2) is 69.6 Å². The van der Waals surface area contributed by atoms with Gasteiger partial charge >= 0.3 is 0 Å². The number of guanidine groups is 1. The van der Waals surface area contributed by atoms with Gasteiger partial charge in [-0.25, -0.2) is 0 Å². The molecule has 0 radical (unpaired) electrons. The van der Waals surface area contributed by atoms with Gasteiger partial charge in [-0.2, -0.15) is 0 Å². The number of aliphatic imine (C=N–C) groups is 1. The van der Waals surface area contributed by atoms with Crippen LogP contribution in [0.2, 0.25) is 0 Å². The predicted molar refractivity (Wildman–Crippen MR) is 128 cm³/mol. The van der Waals surface area contributed by atoms with E-state index in [0.717, 1.165) is 82.2 Å². The van der Waals surface area contributed by atoms with Gasteiger partial charge in [0.15, 0.2) is 17.5 Å². The smallest absolute Gasteiger partial charge is 0.231 e. The molecule has 2 fully saturated rings. The molecule has 1 atom stereocenters. The molecule has 4 rings (SSSR count). The van der Waals surface area contributed by atoms with E-state index in [1.54, 1.807) is 0 Å². The van der Waals surface area contributed by atoms with Crippen LogP contribution in [0.5, 0.6) is 11.5 Å². The zero-order chi connectivity index (χ0) is 22.2. The zero-order valence-electron chi connectivity index (χ0n) is 19.8. The summed E-state index contributed by atoms with van der Waals surface area (Å²) in [7, 11) is 0. The van der Waals surface area contributed by atoms with Gasteiger partial charge in [0.05, 0.1) is 6.54 Å². The van der Waals surface area contributed by atoms with Gasteiger partial charge in [-0.3, -0.25) is 4.99 Å². The second-order valence-corrected chi connectivity index (χ2v) is 9.32. The van der Waals surface area contributed by atoms with E-state index in [9.17, 15) is 0 Å². The summed E-state index contributed by atoms with van der Waals surface area (Å²) in [5, 5.41) is 6.99. The second-order valence-electron chi connectivity index (χ2n) is 9.32. The highest BCUT2D eigenvalue weighted by molar-refractivity contribution is 5.79. The van der Waals surface area contributed by atoms with Crippen molar-refractivity contribution in [3.8, 4) is 11.5 Å². The van der Waals surface area contributed by atoms with Crippen molar-refractivity contribution in [2.24, 2.45) is 4.99 Å². The molecular weight excluding hydrogens is 404 g/mol. The molecule has 0 bridgehead atoms. The predicted octanol–water partition coefficient (Wildman–Crippen LogP) is 3.28. The number of nitrogens with one attached hydrogen (secondary N) is 2. The Bertz CT molecular complexity index is 764. The molecule has 0 aromatic heterocycles. The Morgan fingerprint density at radius 1 is 1.16 bits per heavy atom. The number of ether oxygens (including phenoxy) is 3. The SMILES string of the molecule is CCNC(=NCC1(c2ccc3c(c2)OCO3)CCOCC1)NCCCN1CCCCC1C. The summed E-state index contributed by atoms with van der Waals surface area (Å²) in [5.74, 6) is 2.58. The minimum absolute atomic E-state index is 0.0369. The van der Waals surface area contributed by atoms with Crippen LogP contribution in [0.4, 0.5) is 0 Å². The van der Waals surface area contributed by atoms with Gasteiger partial charge in [-0.05, 0) is 70.2 Å². The van der Waals surface area contributed by atoms with Gasteiger partial charge in [0.1, 0.15) is 0 Å². The van der Waals surface area contributed by atoms with E-state index < -0.39 is 0 Å². The standard InChI is InChI=1S/C25H40N4O3/c1-3-26-24(27-12-6-14-29-13-5-4-7-20(29)2)28-18-25(10-15-30-16-11-25)21-8-9-22-23(17-21)32-19-31-22/h8-9,17,20H,3-7,10-16,18-19H2,1-2H3,(H2,26,27,28). The Kier molecular flexibility index (Phi) is 8.14. The largest absolute Gasteiger partial charge is 0.454 e. The summed E-state index contributed by atoms with van der Waals surface area (Å²) in [4.78, 5) is 7.66. The van der Waals surface area contributed by atoms with Crippen LogP contribution in [0.15, 0.2) is 23.2 Å². The quantitative estimate of drug-likeness (QED) is 0.364. The number of hydrogen-bond donors (Lipinski definition) is 2. The number of nitrogens with zero attached hydrogens (tertiary/aromatic N) is 2. The van der Waals surface area contributed by atoms with E-state index in [1.807, 2.05) is 6.07 Å². The lowest BCUT2D eigenvalue weighted by Crippen LogP contribution is -2.43. The van der Waals surface area contributed by atoms with Crippen LogP contribution in [0, 0.1) is 0 Å². The molecule has 1 aromatic rings. The van der Waals surface area contributed by atoms with Crippen molar-refractivity contribution in [2.75, 3.05) is 52.7 Å². The highest BCUT2D eigenvalue weighted by Crippen LogP contribution is 2.41. The lowest BCUT2D eigenvalue weighted by atomic mass is 9.74. The Morgan fingerprint density at radius 3 is 2.81 bits per heavy atom. The number of piperidine rings is 1. The maximum atomic E-state index is 5.70. The van der Waals surface area contributed by atoms with Crippen LogP contribution >= 0.6 is 0 Å². The third-order valence-corrected chi connectivity index (χ3v) is 7.17. The highest BCUT2D eigenvalue weighted by Gasteiger charge is 2.35. The molecule has 3 heterocycles. The molecule has 0 spiro atoms. The summed E-state index contributed by atoms with van der Waals surface area (Å²) in [6, 6.07) is 7.07. The molecule has 7 heteroatoms. The minimum Gasteiger partial charge on any atom is -0.454 e. The van der Waals surface area contributed by atoms with E-state index in [0.29, 0.717) is 6.79 Å². The van der Waals surface area contributed by atoms with Crippen molar-refractivity contribution < 1.29 is 14.2 Å². The molecule has 7 nitrogen and oxygen atoms in total. The summed E-state index contributed by atoms with van der Waals surface area (Å²) in [5.41, 5.74) is 1.23. The van der Waals surface area contributed by atoms with Gasteiger partial charge in [0.25, 0.3) is 0 Å². The first-order chi connectivity index (χ1) is 15.7. The van der Waals surface area contributed by atoms with Crippen molar-refractivity contribution in [3.05, 3.63) is 23.8 Å². The van der Waals surface area contributed by atoms with Crippen molar-refractivity contribution in [2.45, 2.75) is 63.8 Å². The van der Waals surface area contributed by atoms with Gasteiger partial charge in [0.2, 0.25) is 6.79 Å². The van der Waals surface area contributed by atoms with E-state index in [-0.39, 0.29) is 5.41 Å². The monoisotopic (exact) mass is 444 g/mol. The minimum atomic E-state index is -0.0369. The number of benzene rings is 1. The first-order valence-corrected chi connectivity index (χ1v) is 12.4. The van der Waals surface area contributed by atoms with Gasteiger partial charge in [-0.15, -0.1) is 0 Å².